The first-order valence-electron chi connectivity index (χ1n) is 11.2. The molecule has 0 saturated carbocycles. The van der Waals surface area contributed by atoms with E-state index < -0.39 is 23.5 Å². The molecule has 11 nitrogen and oxygen atoms in total. The van der Waals surface area contributed by atoms with E-state index in [1.807, 2.05) is 0 Å². The van der Waals surface area contributed by atoms with Crippen molar-refractivity contribution < 1.29 is 28.2 Å². The number of carbonyl (C=O) groups excluding carboxylic acids is 2. The third kappa shape index (κ3) is 7.00. The molecule has 4 N–H and O–H groups in total. The summed E-state index contributed by atoms with van der Waals surface area (Å²) in [6, 6.07) is 4.14. The van der Waals surface area contributed by atoms with Gasteiger partial charge in [0, 0.05) is 18.3 Å². The molecule has 2 heterocycles. The molecule has 2 aromatic heterocycles. The molecule has 0 saturated heterocycles. The number of benzene rings is 1. The third-order valence-corrected chi connectivity index (χ3v) is 5.08. The number of fused-ring (bicyclic) bond motifs is 1. The number of nitrogens with zero attached hydrogens (tertiary/aromatic N) is 3. The number of nitrogens with one attached hydrogen (secondary N) is 2. The Morgan fingerprint density at radius 1 is 1.27 bits per heavy atom. The number of aromatic nitrogens is 3. The quantitative estimate of drug-likeness (QED) is 0.270. The predicted molar refractivity (Wildman–Crippen MR) is 136 cm³/mol. The number of nitrogen functional groups attached to an aromatic ring is 1. The number of ether oxygens (including phenoxy) is 3. The van der Waals surface area contributed by atoms with Crippen LogP contribution in [-0.2, 0) is 16.0 Å². The normalized spacial score (nSPS) is 11.2. The van der Waals surface area contributed by atoms with Crippen LogP contribution in [-0.4, -0.2) is 45.4 Å². The minimum Gasteiger partial charge on any atom is -0.462 e. The van der Waals surface area contributed by atoms with Gasteiger partial charge >= 0.3 is 12.1 Å². The lowest BCUT2D eigenvalue weighted by Gasteiger charge is -2.20. The topological polar surface area (TPSA) is 142 Å². The lowest BCUT2D eigenvalue weighted by Crippen LogP contribution is -2.34. The number of amides is 1. The van der Waals surface area contributed by atoms with Crippen molar-refractivity contribution in [2.75, 3.05) is 24.2 Å². The van der Waals surface area contributed by atoms with Crippen molar-refractivity contribution in [1.82, 2.24) is 19.9 Å². The lowest BCUT2D eigenvalue weighted by molar-refractivity contribution is 0.0518. The number of esters is 1. The number of hydrogen-bond acceptors (Lipinski definition) is 9. The van der Waals surface area contributed by atoms with E-state index in [1.54, 1.807) is 40.0 Å². The minimum atomic E-state index is -0.660. The fraction of sp³-hybridized carbons (Fsp3) is 0.333. The lowest BCUT2D eigenvalue weighted by atomic mass is 10.2. The van der Waals surface area contributed by atoms with Gasteiger partial charge in [-0.1, -0.05) is 18.2 Å². The summed E-state index contributed by atoms with van der Waals surface area (Å²) in [6.45, 7) is 10.8. The molecule has 0 aliphatic heterocycles. The van der Waals surface area contributed by atoms with E-state index in [-0.39, 0.29) is 58.8 Å². The molecular weight excluding hydrogens is 507 g/mol. The predicted octanol–water partition coefficient (Wildman–Crippen LogP) is 4.31. The van der Waals surface area contributed by atoms with Gasteiger partial charge in [-0.15, -0.1) is 5.10 Å². The van der Waals surface area contributed by atoms with Crippen molar-refractivity contribution in [1.29, 1.82) is 0 Å². The number of anilines is 2. The summed E-state index contributed by atoms with van der Waals surface area (Å²) in [7, 11) is 0. The van der Waals surface area contributed by atoms with Crippen LogP contribution in [0.2, 0.25) is 5.02 Å². The summed E-state index contributed by atoms with van der Waals surface area (Å²) < 4.78 is 31.5. The number of rotatable bonds is 9. The van der Waals surface area contributed by atoms with E-state index in [4.69, 9.17) is 31.5 Å². The highest BCUT2D eigenvalue weighted by Crippen LogP contribution is 2.31. The highest BCUT2D eigenvalue weighted by molar-refractivity contribution is 6.31. The Hall–Kier alpha value is -4.06. The molecule has 1 amide bonds. The second kappa shape index (κ2) is 11.3. The fourth-order valence-electron chi connectivity index (χ4n) is 3.13. The summed E-state index contributed by atoms with van der Waals surface area (Å²) in [5.41, 5.74) is 5.70. The second-order valence-corrected chi connectivity index (χ2v) is 9.13. The van der Waals surface area contributed by atoms with Crippen LogP contribution in [0.15, 0.2) is 36.7 Å². The SMILES string of the molecule is C=C(CNC(=O)OC(C)(C)C)Oc1ccc(F)c(Cl)c1CNc1ccn2nc(N)c(C(=O)OCC)c2n1. The van der Waals surface area contributed by atoms with Gasteiger partial charge in [0.05, 0.1) is 18.2 Å². The first-order valence-corrected chi connectivity index (χ1v) is 11.6. The average molecular weight is 535 g/mol. The first kappa shape index (κ1) is 27.5. The molecule has 0 atom stereocenters. The Morgan fingerprint density at radius 3 is 2.68 bits per heavy atom. The van der Waals surface area contributed by atoms with Crippen LogP contribution < -0.4 is 21.1 Å². The Bertz CT molecular complexity index is 1340. The summed E-state index contributed by atoms with van der Waals surface area (Å²) in [5, 5.41) is 9.45. The molecule has 0 unspecified atom stereocenters. The van der Waals surface area contributed by atoms with Crippen LogP contribution in [0, 0.1) is 5.82 Å². The molecule has 13 heteroatoms. The largest absolute Gasteiger partial charge is 0.462 e. The maximum atomic E-state index is 14.3. The molecule has 1 aromatic carbocycles. The van der Waals surface area contributed by atoms with Gasteiger partial charge in [0.2, 0.25) is 0 Å². The van der Waals surface area contributed by atoms with Crippen LogP contribution in [0.4, 0.5) is 20.8 Å². The zero-order valence-electron chi connectivity index (χ0n) is 20.9. The van der Waals surface area contributed by atoms with Crippen molar-refractivity contribution in [2.45, 2.75) is 39.8 Å². The Balaban J connectivity index is 1.76. The van der Waals surface area contributed by atoms with E-state index in [0.717, 1.165) is 6.07 Å². The Labute approximate surface area is 217 Å². The zero-order valence-corrected chi connectivity index (χ0v) is 21.6. The van der Waals surface area contributed by atoms with Crippen LogP contribution >= 0.6 is 11.6 Å². The number of alkyl carbamates (subject to hydrolysis) is 1. The molecule has 37 heavy (non-hydrogen) atoms. The second-order valence-electron chi connectivity index (χ2n) is 8.75. The number of halogens is 2. The van der Waals surface area contributed by atoms with E-state index in [2.05, 4.69) is 27.3 Å². The van der Waals surface area contributed by atoms with Crippen molar-refractivity contribution >= 4 is 40.9 Å². The highest BCUT2D eigenvalue weighted by atomic mass is 35.5. The Kier molecular flexibility index (Phi) is 8.43. The van der Waals surface area contributed by atoms with E-state index in [1.165, 1.54) is 10.6 Å². The molecule has 0 radical (unpaired) electrons. The molecule has 3 aromatic rings. The zero-order chi connectivity index (χ0) is 27.3. The van der Waals surface area contributed by atoms with Crippen molar-refractivity contribution in [3.8, 4) is 5.75 Å². The van der Waals surface area contributed by atoms with Crippen molar-refractivity contribution in [2.24, 2.45) is 0 Å². The van der Waals surface area contributed by atoms with Crippen LogP contribution in [0.25, 0.3) is 5.65 Å². The fourth-order valence-corrected chi connectivity index (χ4v) is 3.36. The summed E-state index contributed by atoms with van der Waals surface area (Å²) in [5.74, 6) is -0.609. The third-order valence-electron chi connectivity index (χ3n) is 4.67. The standard InChI is InChI=1S/C24H28ClFN6O5/c1-6-35-22(33)18-20(27)31-32-10-9-17(30-21(18)32)28-12-14-16(8-7-15(26)19(14)25)36-13(2)11-29-23(34)37-24(3,4)5/h7-10H,2,6,11-12H2,1,3-5H3,(H2,27,31)(H,28,30)(H,29,34). The summed E-state index contributed by atoms with van der Waals surface area (Å²) in [6.07, 6.45) is 0.916. The average Bonchev–Trinajstić information content (AvgIpc) is 3.14. The number of hydrogen-bond donors (Lipinski definition) is 3. The van der Waals surface area contributed by atoms with E-state index in [9.17, 15) is 14.0 Å². The number of carbonyl (C=O) groups is 2. The van der Waals surface area contributed by atoms with Gasteiger partial charge < -0.3 is 30.6 Å². The van der Waals surface area contributed by atoms with E-state index in [0.29, 0.717) is 5.82 Å². The monoisotopic (exact) mass is 534 g/mol. The molecule has 198 valence electrons. The van der Waals surface area contributed by atoms with Gasteiger partial charge in [-0.25, -0.2) is 23.5 Å². The molecule has 0 spiro atoms. The molecule has 0 aliphatic rings. The Morgan fingerprint density at radius 2 is 2.00 bits per heavy atom. The van der Waals surface area contributed by atoms with Gasteiger partial charge in [-0.2, -0.15) is 0 Å². The van der Waals surface area contributed by atoms with Gasteiger partial charge in [0.25, 0.3) is 0 Å². The smallest absolute Gasteiger partial charge is 0.408 e. The van der Waals surface area contributed by atoms with Crippen LogP contribution in [0.5, 0.6) is 5.75 Å². The number of nitrogens with two attached hydrogens (primary N) is 1. The first-order chi connectivity index (χ1) is 17.4. The summed E-state index contributed by atoms with van der Waals surface area (Å²) >= 11 is 6.22. The molecule has 0 bridgehead atoms. The molecule has 3 rings (SSSR count). The molecule has 0 fully saturated rings. The van der Waals surface area contributed by atoms with Gasteiger partial charge in [0.1, 0.15) is 34.3 Å². The van der Waals surface area contributed by atoms with Gasteiger partial charge in [0.15, 0.2) is 11.5 Å². The van der Waals surface area contributed by atoms with E-state index >= 15 is 0 Å². The maximum Gasteiger partial charge on any atom is 0.408 e. The molecule has 0 aliphatic carbocycles. The van der Waals surface area contributed by atoms with Crippen molar-refractivity contribution in [3.63, 3.8) is 0 Å². The summed E-state index contributed by atoms with van der Waals surface area (Å²) in [4.78, 5) is 28.6. The molecular formula is C24H28ClFN6O5. The van der Waals surface area contributed by atoms with Crippen LogP contribution in [0.3, 0.4) is 0 Å². The van der Waals surface area contributed by atoms with Gasteiger partial charge in [-0.3, -0.25) is 0 Å². The van der Waals surface area contributed by atoms with Crippen molar-refractivity contribution in [3.05, 3.63) is 58.7 Å². The minimum absolute atomic E-state index is 0.000232. The highest BCUT2D eigenvalue weighted by Gasteiger charge is 2.21. The van der Waals surface area contributed by atoms with Gasteiger partial charge in [-0.05, 0) is 45.9 Å². The van der Waals surface area contributed by atoms with Crippen LogP contribution in [0.1, 0.15) is 43.6 Å². The maximum absolute atomic E-state index is 14.3.